The lowest BCUT2D eigenvalue weighted by atomic mass is 10.1. The molecule has 0 aliphatic rings. The van der Waals surface area contributed by atoms with Gasteiger partial charge in [-0.25, -0.2) is 23.4 Å². The molecule has 0 atom stereocenters. The molecular formula is C25H21N5O3S2. The number of anilines is 3. The van der Waals surface area contributed by atoms with Gasteiger partial charge < -0.3 is 10.1 Å². The summed E-state index contributed by atoms with van der Waals surface area (Å²) >= 11 is 1.54. The van der Waals surface area contributed by atoms with Gasteiger partial charge in [0.15, 0.2) is 0 Å². The fraction of sp³-hybridized carbons (Fsp3) is 0.0800. The van der Waals surface area contributed by atoms with Crippen molar-refractivity contribution in [2.45, 2.75) is 11.8 Å². The number of nitrogens with one attached hydrogen (secondary N) is 2. The predicted octanol–water partition coefficient (Wildman–Crippen LogP) is 5.70. The molecule has 0 amide bonds. The monoisotopic (exact) mass is 503 g/mol. The minimum Gasteiger partial charge on any atom is -0.494 e. The van der Waals surface area contributed by atoms with Gasteiger partial charge in [-0.15, -0.1) is 11.3 Å². The fourth-order valence-corrected chi connectivity index (χ4v) is 5.48. The lowest BCUT2D eigenvalue weighted by molar-refractivity contribution is 0.340. The standard InChI is InChI=1S/C25H21N5O3S2/c1-2-33-19-10-6-17(7-11-19)21-15-34-25-23(21)24(27-16-28-25)29-18-8-12-20(13-9-18)35(31,32)30-22-5-3-4-14-26-22/h3-16H,2H2,1H3,(H,26,30)(H,27,28,29). The van der Waals surface area contributed by atoms with Crippen molar-refractivity contribution >= 4 is 48.9 Å². The molecule has 5 rings (SSSR count). The van der Waals surface area contributed by atoms with E-state index in [9.17, 15) is 8.42 Å². The summed E-state index contributed by atoms with van der Waals surface area (Å²) in [7, 11) is -3.75. The van der Waals surface area contributed by atoms with E-state index in [-0.39, 0.29) is 10.7 Å². The second-order valence-electron chi connectivity index (χ2n) is 7.48. The maximum absolute atomic E-state index is 12.7. The number of ether oxygens (including phenoxy) is 1. The van der Waals surface area contributed by atoms with Crippen LogP contribution in [0.2, 0.25) is 0 Å². The van der Waals surface area contributed by atoms with Crippen molar-refractivity contribution in [2.24, 2.45) is 0 Å². The zero-order valence-electron chi connectivity index (χ0n) is 18.7. The van der Waals surface area contributed by atoms with Crippen molar-refractivity contribution in [3.05, 3.63) is 84.6 Å². The summed E-state index contributed by atoms with van der Waals surface area (Å²) in [5, 5.41) is 6.26. The summed E-state index contributed by atoms with van der Waals surface area (Å²) in [5.41, 5.74) is 2.74. The number of thiophene rings is 1. The molecule has 0 aliphatic heterocycles. The first-order chi connectivity index (χ1) is 17.0. The van der Waals surface area contributed by atoms with Crippen molar-refractivity contribution in [3.8, 4) is 16.9 Å². The van der Waals surface area contributed by atoms with Crippen molar-refractivity contribution in [1.29, 1.82) is 0 Å². The molecule has 0 saturated heterocycles. The second-order valence-corrected chi connectivity index (χ2v) is 10.0. The Hall–Kier alpha value is -4.02. The Labute approximate surface area is 206 Å². The summed E-state index contributed by atoms with van der Waals surface area (Å²) in [4.78, 5) is 13.9. The number of hydrogen-bond acceptors (Lipinski definition) is 8. The first kappa shape index (κ1) is 22.8. The van der Waals surface area contributed by atoms with Gasteiger partial charge in [-0.2, -0.15) is 0 Å². The molecule has 2 N–H and O–H groups in total. The van der Waals surface area contributed by atoms with Gasteiger partial charge in [0.25, 0.3) is 10.0 Å². The Morgan fingerprint density at radius 2 is 1.74 bits per heavy atom. The van der Waals surface area contributed by atoms with E-state index < -0.39 is 10.0 Å². The Morgan fingerprint density at radius 3 is 2.46 bits per heavy atom. The number of aromatic nitrogens is 3. The third-order valence-corrected chi connectivity index (χ3v) is 7.43. The Bertz CT molecular complexity index is 1550. The van der Waals surface area contributed by atoms with Crippen LogP contribution in [-0.2, 0) is 10.0 Å². The molecule has 5 aromatic rings. The molecule has 8 nitrogen and oxygen atoms in total. The number of fused-ring (bicyclic) bond motifs is 1. The van der Waals surface area contributed by atoms with E-state index in [1.165, 1.54) is 36.0 Å². The van der Waals surface area contributed by atoms with E-state index in [1.54, 1.807) is 30.3 Å². The summed E-state index contributed by atoms with van der Waals surface area (Å²) in [6.45, 7) is 2.57. The molecule has 10 heteroatoms. The van der Waals surface area contributed by atoms with Gasteiger partial charge in [0.05, 0.1) is 16.9 Å². The van der Waals surface area contributed by atoms with Crippen molar-refractivity contribution in [1.82, 2.24) is 15.0 Å². The van der Waals surface area contributed by atoms with Crippen LogP contribution in [0.25, 0.3) is 21.3 Å². The maximum Gasteiger partial charge on any atom is 0.263 e. The first-order valence-electron chi connectivity index (χ1n) is 10.8. The predicted molar refractivity (Wildman–Crippen MR) is 139 cm³/mol. The molecule has 0 unspecified atom stereocenters. The molecule has 0 radical (unpaired) electrons. The van der Waals surface area contributed by atoms with Crippen LogP contribution in [0.1, 0.15) is 6.92 Å². The zero-order chi connectivity index (χ0) is 24.3. The van der Waals surface area contributed by atoms with Crippen LogP contribution in [0, 0.1) is 0 Å². The summed E-state index contributed by atoms with van der Waals surface area (Å²) in [6.07, 6.45) is 3.04. The molecule has 2 aromatic carbocycles. The molecule has 3 heterocycles. The highest BCUT2D eigenvalue weighted by molar-refractivity contribution is 7.92. The van der Waals surface area contributed by atoms with Crippen molar-refractivity contribution < 1.29 is 13.2 Å². The maximum atomic E-state index is 12.7. The lowest BCUT2D eigenvalue weighted by Crippen LogP contribution is -2.13. The topological polar surface area (TPSA) is 106 Å². The van der Waals surface area contributed by atoms with E-state index in [0.717, 1.165) is 27.1 Å². The number of nitrogens with zero attached hydrogens (tertiary/aromatic N) is 3. The third-order valence-electron chi connectivity index (χ3n) is 5.18. The van der Waals surface area contributed by atoms with Gasteiger partial charge in [0, 0.05) is 22.8 Å². The van der Waals surface area contributed by atoms with Crippen LogP contribution >= 0.6 is 11.3 Å². The van der Waals surface area contributed by atoms with E-state index in [2.05, 4.69) is 30.4 Å². The molecule has 0 spiro atoms. The van der Waals surface area contributed by atoms with Crippen LogP contribution in [0.4, 0.5) is 17.3 Å². The van der Waals surface area contributed by atoms with E-state index in [0.29, 0.717) is 18.1 Å². The van der Waals surface area contributed by atoms with Crippen molar-refractivity contribution in [3.63, 3.8) is 0 Å². The average molecular weight is 504 g/mol. The molecule has 0 saturated carbocycles. The first-order valence-corrected chi connectivity index (χ1v) is 13.2. The summed E-state index contributed by atoms with van der Waals surface area (Å²) < 4.78 is 33.4. The van der Waals surface area contributed by atoms with Gasteiger partial charge in [-0.1, -0.05) is 18.2 Å². The largest absolute Gasteiger partial charge is 0.494 e. The van der Waals surface area contributed by atoms with Crippen LogP contribution < -0.4 is 14.8 Å². The van der Waals surface area contributed by atoms with E-state index >= 15 is 0 Å². The van der Waals surface area contributed by atoms with Gasteiger partial charge in [-0.05, 0) is 61.0 Å². The van der Waals surface area contributed by atoms with Gasteiger partial charge in [-0.3, -0.25) is 4.72 Å². The van der Waals surface area contributed by atoms with E-state index in [1.807, 2.05) is 31.2 Å². The zero-order valence-corrected chi connectivity index (χ0v) is 20.3. The molecule has 0 aliphatic carbocycles. The molecule has 0 fully saturated rings. The average Bonchev–Trinajstić information content (AvgIpc) is 3.31. The smallest absolute Gasteiger partial charge is 0.263 e. The number of pyridine rings is 1. The minimum atomic E-state index is -3.75. The van der Waals surface area contributed by atoms with Crippen molar-refractivity contribution in [2.75, 3.05) is 16.6 Å². The second kappa shape index (κ2) is 9.69. The quantitative estimate of drug-likeness (QED) is 0.280. The van der Waals surface area contributed by atoms with Gasteiger partial charge in [0.2, 0.25) is 0 Å². The Kier molecular flexibility index (Phi) is 6.30. The van der Waals surface area contributed by atoms with E-state index in [4.69, 9.17) is 4.74 Å². The molecule has 176 valence electrons. The normalized spacial score (nSPS) is 11.3. The number of hydrogen-bond donors (Lipinski definition) is 2. The highest BCUT2D eigenvalue weighted by Crippen LogP contribution is 2.38. The molecular weight excluding hydrogens is 482 g/mol. The third kappa shape index (κ3) is 4.93. The van der Waals surface area contributed by atoms with Crippen LogP contribution in [0.15, 0.2) is 89.5 Å². The summed E-state index contributed by atoms with van der Waals surface area (Å²) in [5.74, 6) is 1.72. The number of rotatable bonds is 8. The minimum absolute atomic E-state index is 0.132. The highest BCUT2D eigenvalue weighted by Gasteiger charge is 2.16. The fourth-order valence-electron chi connectivity index (χ4n) is 3.55. The van der Waals surface area contributed by atoms with Crippen LogP contribution in [0.5, 0.6) is 5.75 Å². The lowest BCUT2D eigenvalue weighted by Gasteiger charge is -2.11. The molecule has 3 aromatic heterocycles. The Morgan fingerprint density at radius 1 is 0.943 bits per heavy atom. The SMILES string of the molecule is CCOc1ccc(-c2csc3ncnc(Nc4ccc(S(=O)(=O)Nc5ccccn5)cc4)c23)cc1. The number of benzene rings is 2. The summed E-state index contributed by atoms with van der Waals surface area (Å²) in [6, 6.07) is 19.4. The highest BCUT2D eigenvalue weighted by atomic mass is 32.2. The number of sulfonamides is 1. The molecule has 0 bridgehead atoms. The Balaban J connectivity index is 1.41. The molecule has 35 heavy (non-hydrogen) atoms. The van der Waals surface area contributed by atoms with Crippen LogP contribution in [-0.4, -0.2) is 30.0 Å². The van der Waals surface area contributed by atoms with Gasteiger partial charge >= 0.3 is 0 Å². The van der Waals surface area contributed by atoms with Crippen LogP contribution in [0.3, 0.4) is 0 Å². The van der Waals surface area contributed by atoms with Gasteiger partial charge in [0.1, 0.15) is 28.5 Å².